The molecule has 2 aromatic heterocycles. The first-order valence-electron chi connectivity index (χ1n) is 7.57. The van der Waals surface area contributed by atoms with Crippen LogP contribution in [0.15, 0.2) is 36.5 Å². The van der Waals surface area contributed by atoms with Crippen LogP contribution in [0.3, 0.4) is 0 Å². The molecule has 0 aliphatic heterocycles. The van der Waals surface area contributed by atoms with E-state index in [0.29, 0.717) is 6.07 Å². The number of nitrogens with zero attached hydrogens (tertiary/aromatic N) is 2. The van der Waals surface area contributed by atoms with Gasteiger partial charge in [-0.05, 0) is 25.1 Å². The Morgan fingerprint density at radius 2 is 1.74 bits per heavy atom. The number of benzene rings is 1. The summed E-state index contributed by atoms with van der Waals surface area (Å²) in [5.41, 5.74) is -0.419. The molecule has 2 heterocycles. The Hall–Kier alpha value is -2.87. The zero-order valence-electron chi connectivity index (χ0n) is 13.8. The van der Waals surface area contributed by atoms with Gasteiger partial charge in [0, 0.05) is 29.5 Å². The van der Waals surface area contributed by atoms with Gasteiger partial charge >= 0.3 is 0 Å². The number of ether oxygens (including phenoxy) is 2. The number of aromatic nitrogens is 2. The van der Waals surface area contributed by atoms with Crippen molar-refractivity contribution in [2.24, 2.45) is 0 Å². The highest BCUT2D eigenvalue weighted by Crippen LogP contribution is 2.31. The van der Waals surface area contributed by atoms with E-state index in [0.717, 1.165) is 12.1 Å². The summed E-state index contributed by atoms with van der Waals surface area (Å²) in [7, 11) is 0. The van der Waals surface area contributed by atoms with Crippen LogP contribution in [0.5, 0.6) is 17.5 Å². The summed E-state index contributed by atoms with van der Waals surface area (Å²) in [5, 5.41) is 0.106. The monoisotopic (exact) mass is 398 g/mol. The van der Waals surface area contributed by atoms with Crippen LogP contribution in [0.4, 0.5) is 17.6 Å². The third kappa shape index (κ3) is 4.28. The molecule has 0 saturated carbocycles. The summed E-state index contributed by atoms with van der Waals surface area (Å²) in [6, 6.07) is 5.56. The summed E-state index contributed by atoms with van der Waals surface area (Å²) in [4.78, 5) is 7.42. The molecular weight excluding hydrogens is 388 g/mol. The Kier molecular flexibility index (Phi) is 5.46. The second-order valence-electron chi connectivity index (χ2n) is 5.42. The van der Waals surface area contributed by atoms with Crippen LogP contribution in [-0.4, -0.2) is 9.97 Å². The minimum Gasteiger partial charge on any atom is -0.471 e. The van der Waals surface area contributed by atoms with E-state index in [4.69, 9.17) is 21.1 Å². The molecule has 1 aromatic carbocycles. The molecule has 4 nitrogen and oxygen atoms in total. The molecule has 0 aliphatic carbocycles. The topological polar surface area (TPSA) is 44.2 Å². The Morgan fingerprint density at radius 1 is 1.00 bits per heavy atom. The molecule has 0 N–H and O–H groups in total. The normalized spacial score (nSPS) is 10.7. The van der Waals surface area contributed by atoms with Gasteiger partial charge in [-0.15, -0.1) is 0 Å². The maximum absolute atomic E-state index is 14.3. The van der Waals surface area contributed by atoms with E-state index in [9.17, 15) is 17.6 Å². The molecule has 0 atom stereocenters. The van der Waals surface area contributed by atoms with Gasteiger partial charge in [-0.3, -0.25) is 0 Å². The largest absolute Gasteiger partial charge is 0.471 e. The molecule has 0 radical (unpaired) electrons. The number of pyridine rings is 2. The molecule has 0 spiro atoms. The minimum atomic E-state index is -1.06. The van der Waals surface area contributed by atoms with Gasteiger partial charge in [-0.1, -0.05) is 11.6 Å². The van der Waals surface area contributed by atoms with Crippen LogP contribution in [0.2, 0.25) is 5.15 Å². The first-order valence-corrected chi connectivity index (χ1v) is 7.94. The lowest BCUT2D eigenvalue weighted by Crippen LogP contribution is -2.06. The van der Waals surface area contributed by atoms with E-state index in [-0.39, 0.29) is 16.5 Å². The SMILES string of the molecule is Cc1c(F)c(OCc2ccc(F)cc2F)nc(Oc2ccnc(Cl)c2)c1F. The predicted octanol–water partition coefficient (Wildman–Crippen LogP) is 5.37. The number of rotatable bonds is 5. The van der Waals surface area contributed by atoms with Gasteiger partial charge in [0.05, 0.1) is 0 Å². The van der Waals surface area contributed by atoms with Gasteiger partial charge in [0.15, 0.2) is 11.6 Å². The van der Waals surface area contributed by atoms with Crippen molar-refractivity contribution >= 4 is 11.6 Å². The highest BCUT2D eigenvalue weighted by atomic mass is 35.5. The van der Waals surface area contributed by atoms with Crippen LogP contribution in [-0.2, 0) is 6.61 Å². The Labute approximate surface area is 156 Å². The fourth-order valence-electron chi connectivity index (χ4n) is 2.12. The number of halogens is 5. The van der Waals surface area contributed by atoms with Gasteiger partial charge in [0.2, 0.25) is 0 Å². The summed E-state index contributed by atoms with van der Waals surface area (Å²) in [5.74, 6) is -4.72. The zero-order valence-corrected chi connectivity index (χ0v) is 14.5. The van der Waals surface area contributed by atoms with E-state index < -0.39 is 47.2 Å². The molecule has 0 unspecified atom stereocenters. The van der Waals surface area contributed by atoms with Crippen molar-refractivity contribution in [1.29, 1.82) is 0 Å². The standard InChI is InChI=1S/C18H11ClF4N2O2/c1-9-15(22)17(26-8-10-2-3-11(20)6-13(10)21)25-18(16(9)23)27-12-4-5-24-14(19)7-12/h2-7H,8H2,1H3. The average Bonchev–Trinajstić information content (AvgIpc) is 2.62. The van der Waals surface area contributed by atoms with Gasteiger partial charge in [-0.25, -0.2) is 22.5 Å². The van der Waals surface area contributed by atoms with Crippen molar-refractivity contribution in [3.63, 3.8) is 0 Å². The Bertz CT molecular complexity index is 1000. The maximum Gasteiger partial charge on any atom is 0.259 e. The summed E-state index contributed by atoms with van der Waals surface area (Å²) in [6.45, 7) is 0.728. The van der Waals surface area contributed by atoms with Crippen molar-refractivity contribution in [3.05, 3.63) is 76.1 Å². The molecule has 0 saturated heterocycles. The lowest BCUT2D eigenvalue weighted by atomic mass is 10.2. The molecule has 3 aromatic rings. The molecule has 27 heavy (non-hydrogen) atoms. The molecule has 0 aliphatic rings. The van der Waals surface area contributed by atoms with Gasteiger partial charge < -0.3 is 9.47 Å². The lowest BCUT2D eigenvalue weighted by molar-refractivity contribution is 0.263. The third-order valence-electron chi connectivity index (χ3n) is 3.53. The fourth-order valence-corrected chi connectivity index (χ4v) is 2.28. The van der Waals surface area contributed by atoms with Gasteiger partial charge in [0.1, 0.15) is 29.1 Å². The van der Waals surface area contributed by atoms with Gasteiger partial charge in [-0.2, -0.15) is 4.98 Å². The van der Waals surface area contributed by atoms with Gasteiger partial charge in [0.25, 0.3) is 11.8 Å². The van der Waals surface area contributed by atoms with Crippen molar-refractivity contribution in [1.82, 2.24) is 9.97 Å². The molecule has 0 fully saturated rings. The maximum atomic E-state index is 14.3. The third-order valence-corrected chi connectivity index (χ3v) is 3.74. The summed E-state index contributed by atoms with van der Waals surface area (Å²) in [6.07, 6.45) is 1.33. The zero-order chi connectivity index (χ0) is 19.6. The number of hydrogen-bond acceptors (Lipinski definition) is 4. The van der Waals surface area contributed by atoms with Crippen molar-refractivity contribution in [2.45, 2.75) is 13.5 Å². The first kappa shape index (κ1) is 18.9. The minimum absolute atomic E-state index is 0.0250. The van der Waals surface area contributed by atoms with Crippen LogP contribution < -0.4 is 9.47 Å². The summed E-state index contributed by atoms with van der Waals surface area (Å²) < 4.78 is 65.5. The second kappa shape index (κ2) is 7.79. The highest BCUT2D eigenvalue weighted by molar-refractivity contribution is 6.29. The van der Waals surface area contributed by atoms with Crippen molar-refractivity contribution < 1.29 is 27.0 Å². The van der Waals surface area contributed by atoms with Crippen LogP contribution in [0.25, 0.3) is 0 Å². The first-order chi connectivity index (χ1) is 12.8. The average molecular weight is 399 g/mol. The smallest absolute Gasteiger partial charge is 0.259 e. The number of hydrogen-bond donors (Lipinski definition) is 0. The highest BCUT2D eigenvalue weighted by Gasteiger charge is 2.21. The molecule has 9 heteroatoms. The van der Waals surface area contributed by atoms with E-state index in [1.165, 1.54) is 25.3 Å². The lowest BCUT2D eigenvalue weighted by Gasteiger charge is -2.12. The molecular formula is C18H11ClF4N2O2. The Balaban J connectivity index is 1.87. The predicted molar refractivity (Wildman–Crippen MR) is 88.9 cm³/mol. The molecule has 0 amide bonds. The summed E-state index contributed by atoms with van der Waals surface area (Å²) >= 11 is 5.73. The Morgan fingerprint density at radius 3 is 2.44 bits per heavy atom. The van der Waals surface area contributed by atoms with Crippen molar-refractivity contribution in [2.75, 3.05) is 0 Å². The molecule has 0 bridgehead atoms. The van der Waals surface area contributed by atoms with Crippen LogP contribution >= 0.6 is 11.6 Å². The molecule has 140 valence electrons. The van der Waals surface area contributed by atoms with E-state index in [2.05, 4.69) is 9.97 Å². The van der Waals surface area contributed by atoms with E-state index in [1.807, 2.05) is 0 Å². The van der Waals surface area contributed by atoms with E-state index >= 15 is 0 Å². The van der Waals surface area contributed by atoms with Crippen LogP contribution in [0.1, 0.15) is 11.1 Å². The second-order valence-corrected chi connectivity index (χ2v) is 5.80. The van der Waals surface area contributed by atoms with E-state index in [1.54, 1.807) is 0 Å². The van der Waals surface area contributed by atoms with Crippen LogP contribution in [0, 0.1) is 30.2 Å². The fraction of sp³-hybridized carbons (Fsp3) is 0.111. The van der Waals surface area contributed by atoms with Crippen molar-refractivity contribution in [3.8, 4) is 17.5 Å². The molecule has 3 rings (SSSR count). The quantitative estimate of drug-likeness (QED) is 0.428.